The number of ether oxygens (including phenoxy) is 1. The van der Waals surface area contributed by atoms with Crippen LogP contribution < -0.4 is 10.1 Å². The molecule has 0 aliphatic carbocycles. The van der Waals surface area contributed by atoms with Gasteiger partial charge in [0.1, 0.15) is 0 Å². The van der Waals surface area contributed by atoms with Gasteiger partial charge in [-0.3, -0.25) is 4.79 Å². The first kappa shape index (κ1) is 23.8. The third kappa shape index (κ3) is 6.11. The van der Waals surface area contributed by atoms with E-state index in [-0.39, 0.29) is 23.1 Å². The second-order valence-corrected chi connectivity index (χ2v) is 8.99. The first-order valence-electron chi connectivity index (χ1n) is 9.82. The summed E-state index contributed by atoms with van der Waals surface area (Å²) in [5.41, 5.74) is 2.56. The van der Waals surface area contributed by atoms with E-state index < -0.39 is 11.9 Å². The molecule has 3 aromatic rings. The molecule has 0 spiro atoms. The van der Waals surface area contributed by atoms with E-state index in [1.54, 1.807) is 12.1 Å². The summed E-state index contributed by atoms with van der Waals surface area (Å²) >= 11 is 6.70. The molecule has 166 valence electrons. The average molecular weight is 563 g/mol. The Bertz CT molecular complexity index is 1110. The van der Waals surface area contributed by atoms with Crippen LogP contribution >= 0.6 is 31.9 Å². The summed E-state index contributed by atoms with van der Waals surface area (Å²) in [6, 6.07) is 18.6. The SMILES string of the molecule is CC(CCc1ccccc1)c1ccc(Oc2c(Br)cc(NC(=O)C(=O)O)cc2Br)c(O)c1. The number of amides is 1. The van der Waals surface area contributed by atoms with Crippen molar-refractivity contribution in [1.29, 1.82) is 0 Å². The Morgan fingerprint density at radius 1 is 1.03 bits per heavy atom. The monoisotopic (exact) mass is 561 g/mol. The molecule has 0 radical (unpaired) electrons. The lowest BCUT2D eigenvalue weighted by atomic mass is 9.94. The second kappa shape index (κ2) is 10.7. The van der Waals surface area contributed by atoms with Crippen LogP contribution in [-0.2, 0) is 16.0 Å². The number of anilines is 1. The Morgan fingerprint density at radius 3 is 2.28 bits per heavy atom. The van der Waals surface area contributed by atoms with Crippen molar-refractivity contribution in [3.63, 3.8) is 0 Å². The van der Waals surface area contributed by atoms with Crippen molar-refractivity contribution >= 4 is 49.4 Å². The smallest absolute Gasteiger partial charge is 0.394 e. The molecule has 3 rings (SSSR count). The Morgan fingerprint density at radius 2 is 1.69 bits per heavy atom. The number of carboxylic acid groups (broad SMARTS) is 1. The number of carboxylic acids is 1. The first-order valence-corrected chi connectivity index (χ1v) is 11.4. The number of nitrogens with one attached hydrogen (secondary N) is 1. The minimum Gasteiger partial charge on any atom is -0.504 e. The van der Waals surface area contributed by atoms with Crippen molar-refractivity contribution in [3.05, 3.63) is 80.7 Å². The lowest BCUT2D eigenvalue weighted by Crippen LogP contribution is -2.21. The minimum absolute atomic E-state index is 0.0103. The topological polar surface area (TPSA) is 95.9 Å². The standard InChI is InChI=1S/C24H21Br2NO5/c1-14(7-8-15-5-3-2-4-6-15)16-9-10-21(20(28)11-16)32-22-18(25)12-17(13-19(22)26)27-23(29)24(30)31/h2-6,9-14,28H,7-8H2,1H3,(H,27,29)(H,30,31). The number of carbonyl (C=O) groups excluding carboxylic acids is 1. The van der Waals surface area contributed by atoms with Crippen LogP contribution in [0.25, 0.3) is 0 Å². The summed E-state index contributed by atoms with van der Waals surface area (Å²) in [7, 11) is 0. The maximum absolute atomic E-state index is 11.4. The average Bonchev–Trinajstić information content (AvgIpc) is 2.76. The molecule has 8 heteroatoms. The number of phenols is 1. The lowest BCUT2D eigenvalue weighted by Gasteiger charge is -2.16. The van der Waals surface area contributed by atoms with Crippen LogP contribution in [0.2, 0.25) is 0 Å². The zero-order valence-electron chi connectivity index (χ0n) is 17.1. The lowest BCUT2D eigenvalue weighted by molar-refractivity contribution is -0.147. The number of aliphatic carboxylic acids is 1. The van der Waals surface area contributed by atoms with Crippen LogP contribution in [0, 0.1) is 0 Å². The molecular formula is C24H21Br2NO5. The highest BCUT2D eigenvalue weighted by atomic mass is 79.9. The Kier molecular flexibility index (Phi) is 7.93. The number of benzene rings is 3. The number of halogens is 2. The van der Waals surface area contributed by atoms with Crippen molar-refractivity contribution in [2.45, 2.75) is 25.7 Å². The Balaban J connectivity index is 1.71. The molecule has 1 atom stereocenters. The van der Waals surface area contributed by atoms with Gasteiger partial charge in [-0.1, -0.05) is 43.3 Å². The number of phenolic OH excluding ortho intramolecular Hbond substituents is 1. The van der Waals surface area contributed by atoms with Gasteiger partial charge in [0, 0.05) is 5.69 Å². The number of aromatic hydroxyl groups is 1. The van der Waals surface area contributed by atoms with Gasteiger partial charge in [0.2, 0.25) is 0 Å². The first-order chi connectivity index (χ1) is 15.2. The van der Waals surface area contributed by atoms with Crippen LogP contribution in [-0.4, -0.2) is 22.1 Å². The van der Waals surface area contributed by atoms with Crippen molar-refractivity contribution in [3.8, 4) is 17.2 Å². The summed E-state index contributed by atoms with van der Waals surface area (Å²) in [5.74, 6) is -1.82. The van der Waals surface area contributed by atoms with Crippen molar-refractivity contribution in [2.24, 2.45) is 0 Å². The van der Waals surface area contributed by atoms with Crippen molar-refractivity contribution in [2.75, 3.05) is 5.32 Å². The van der Waals surface area contributed by atoms with Gasteiger partial charge in [0.25, 0.3) is 0 Å². The molecule has 3 aromatic carbocycles. The predicted molar refractivity (Wildman–Crippen MR) is 129 cm³/mol. The van der Waals surface area contributed by atoms with E-state index in [0.717, 1.165) is 18.4 Å². The number of hydrogen-bond acceptors (Lipinski definition) is 4. The fourth-order valence-corrected chi connectivity index (χ4v) is 4.49. The molecule has 0 aliphatic rings. The molecule has 0 bridgehead atoms. The molecule has 0 aliphatic heterocycles. The van der Waals surface area contributed by atoms with E-state index in [1.807, 2.05) is 24.3 Å². The highest BCUT2D eigenvalue weighted by Crippen LogP contribution is 2.42. The van der Waals surface area contributed by atoms with Gasteiger partial charge in [-0.05, 0) is 86.0 Å². The third-order valence-electron chi connectivity index (χ3n) is 4.92. The molecule has 0 saturated carbocycles. The summed E-state index contributed by atoms with van der Waals surface area (Å²) in [4.78, 5) is 22.1. The van der Waals surface area contributed by atoms with Crippen molar-refractivity contribution in [1.82, 2.24) is 0 Å². The largest absolute Gasteiger partial charge is 0.504 e. The third-order valence-corrected chi connectivity index (χ3v) is 6.10. The number of rotatable bonds is 7. The number of hydrogen-bond donors (Lipinski definition) is 3. The van der Waals surface area contributed by atoms with Crippen LogP contribution in [0.1, 0.15) is 30.4 Å². The second-order valence-electron chi connectivity index (χ2n) is 7.28. The molecule has 1 unspecified atom stereocenters. The minimum atomic E-state index is -1.58. The van der Waals surface area contributed by atoms with Crippen LogP contribution in [0.15, 0.2) is 69.6 Å². The zero-order valence-corrected chi connectivity index (χ0v) is 20.3. The number of aryl methyl sites for hydroxylation is 1. The fourth-order valence-electron chi connectivity index (χ4n) is 3.15. The molecule has 0 fully saturated rings. The van der Waals surface area contributed by atoms with E-state index in [4.69, 9.17) is 9.84 Å². The van der Waals surface area contributed by atoms with Gasteiger partial charge in [-0.15, -0.1) is 0 Å². The molecular weight excluding hydrogens is 542 g/mol. The van der Waals surface area contributed by atoms with E-state index in [9.17, 15) is 14.7 Å². The molecule has 32 heavy (non-hydrogen) atoms. The number of carbonyl (C=O) groups is 2. The van der Waals surface area contributed by atoms with E-state index in [2.05, 4.69) is 56.2 Å². The van der Waals surface area contributed by atoms with E-state index in [0.29, 0.717) is 14.7 Å². The maximum Gasteiger partial charge on any atom is 0.394 e. The summed E-state index contributed by atoms with van der Waals surface area (Å²) in [5, 5.41) is 21.5. The Labute approximate surface area is 202 Å². The van der Waals surface area contributed by atoms with Crippen LogP contribution in [0.3, 0.4) is 0 Å². The van der Waals surface area contributed by atoms with Crippen molar-refractivity contribution < 1.29 is 24.5 Å². The summed E-state index contributed by atoms with van der Waals surface area (Å²) in [6.07, 6.45) is 1.90. The zero-order chi connectivity index (χ0) is 23.3. The quantitative estimate of drug-likeness (QED) is 0.287. The van der Waals surface area contributed by atoms with Gasteiger partial charge in [0.15, 0.2) is 17.2 Å². The molecule has 0 aromatic heterocycles. The van der Waals surface area contributed by atoms with Gasteiger partial charge in [0.05, 0.1) is 8.95 Å². The van der Waals surface area contributed by atoms with Gasteiger partial charge in [-0.2, -0.15) is 0 Å². The summed E-state index contributed by atoms with van der Waals surface area (Å²) < 4.78 is 6.80. The van der Waals surface area contributed by atoms with Crippen LogP contribution in [0.5, 0.6) is 17.2 Å². The molecule has 0 heterocycles. The molecule has 1 amide bonds. The van der Waals surface area contributed by atoms with E-state index >= 15 is 0 Å². The molecule has 6 nitrogen and oxygen atoms in total. The van der Waals surface area contributed by atoms with Gasteiger partial charge < -0.3 is 20.3 Å². The van der Waals surface area contributed by atoms with Crippen LogP contribution in [0.4, 0.5) is 5.69 Å². The van der Waals surface area contributed by atoms with E-state index in [1.165, 1.54) is 17.7 Å². The molecule has 0 saturated heterocycles. The maximum atomic E-state index is 11.4. The highest BCUT2D eigenvalue weighted by molar-refractivity contribution is 9.11. The normalized spacial score (nSPS) is 11.6. The fraction of sp³-hybridized carbons (Fsp3) is 0.167. The van der Waals surface area contributed by atoms with Gasteiger partial charge >= 0.3 is 11.9 Å². The van der Waals surface area contributed by atoms with Gasteiger partial charge in [-0.25, -0.2) is 4.79 Å². The summed E-state index contributed by atoms with van der Waals surface area (Å²) in [6.45, 7) is 2.12. The predicted octanol–water partition coefficient (Wildman–Crippen LogP) is 6.47. The molecule has 3 N–H and O–H groups in total. The Hall–Kier alpha value is -2.84. The highest BCUT2D eigenvalue weighted by Gasteiger charge is 2.17.